The maximum Gasteiger partial charge on any atom is 0.243 e. The van der Waals surface area contributed by atoms with Crippen LogP contribution in [0.4, 0.5) is 5.69 Å². The Hall–Kier alpha value is -3.31. The number of para-hydroxylation sites is 1. The summed E-state index contributed by atoms with van der Waals surface area (Å²) in [5.41, 5.74) is 3.29. The fraction of sp³-hybridized carbons (Fsp3) is 0.259. The van der Waals surface area contributed by atoms with E-state index >= 15 is 0 Å². The fourth-order valence-corrected chi connectivity index (χ4v) is 6.67. The standard InChI is InChI=1S/C27H26N2O4S/c1-33-26-10-6-5-7-20(26)13-11-19-12-14-24-23(17-19)27-22(25(18-30)28-24)15-16-29(27)34(31,32)21-8-3-2-4-9-21/h2-10,12,14,17,22,25,27-28,30H,15-16,18H2,1H3/t22-,25+,27-/m1/s1. The summed E-state index contributed by atoms with van der Waals surface area (Å²) in [5, 5.41) is 13.4. The van der Waals surface area contributed by atoms with Crippen LogP contribution in [0.5, 0.6) is 5.75 Å². The first kappa shape index (κ1) is 22.5. The third-order valence-corrected chi connectivity index (χ3v) is 8.52. The van der Waals surface area contributed by atoms with E-state index in [9.17, 15) is 13.5 Å². The maximum absolute atomic E-state index is 13.6. The summed E-state index contributed by atoms with van der Waals surface area (Å²) >= 11 is 0. The molecule has 0 spiro atoms. The van der Waals surface area contributed by atoms with E-state index in [4.69, 9.17) is 4.74 Å². The van der Waals surface area contributed by atoms with E-state index < -0.39 is 10.0 Å². The van der Waals surface area contributed by atoms with Crippen molar-refractivity contribution in [2.24, 2.45) is 5.92 Å². The van der Waals surface area contributed by atoms with Gasteiger partial charge in [-0.2, -0.15) is 4.31 Å². The maximum atomic E-state index is 13.6. The van der Waals surface area contributed by atoms with Crippen molar-refractivity contribution in [2.75, 3.05) is 25.6 Å². The molecule has 0 unspecified atom stereocenters. The van der Waals surface area contributed by atoms with Crippen LogP contribution in [0.25, 0.3) is 0 Å². The van der Waals surface area contributed by atoms with Crippen LogP contribution in [-0.2, 0) is 10.0 Å². The molecule has 1 fully saturated rings. The number of nitrogens with zero attached hydrogens (tertiary/aromatic N) is 1. The Morgan fingerprint density at radius 2 is 1.82 bits per heavy atom. The molecule has 2 N–H and O–H groups in total. The quantitative estimate of drug-likeness (QED) is 0.565. The van der Waals surface area contributed by atoms with Crippen LogP contribution in [0.3, 0.4) is 0 Å². The molecule has 0 amide bonds. The molecule has 0 bridgehead atoms. The SMILES string of the molecule is COc1ccccc1C#Cc1ccc2c(c1)[C@H]1[C@H](CCN1S(=O)(=O)c1ccccc1)[C@H](CO)N2. The minimum Gasteiger partial charge on any atom is -0.495 e. The van der Waals surface area contributed by atoms with Gasteiger partial charge in [-0.3, -0.25) is 0 Å². The van der Waals surface area contributed by atoms with Gasteiger partial charge in [-0.25, -0.2) is 8.42 Å². The van der Waals surface area contributed by atoms with Crippen LogP contribution in [0, 0.1) is 17.8 Å². The smallest absolute Gasteiger partial charge is 0.243 e. The molecule has 0 saturated carbocycles. The number of nitrogens with one attached hydrogen (secondary N) is 1. The number of hydrogen-bond donors (Lipinski definition) is 2. The Kier molecular flexibility index (Phi) is 6.05. The zero-order valence-corrected chi connectivity index (χ0v) is 19.6. The van der Waals surface area contributed by atoms with Gasteiger partial charge in [0.1, 0.15) is 5.75 Å². The molecule has 2 aliphatic heterocycles. The highest BCUT2D eigenvalue weighted by Crippen LogP contribution is 2.48. The van der Waals surface area contributed by atoms with E-state index in [0.717, 1.165) is 22.4 Å². The van der Waals surface area contributed by atoms with E-state index in [0.29, 0.717) is 18.7 Å². The average Bonchev–Trinajstić information content (AvgIpc) is 3.34. The van der Waals surface area contributed by atoms with Gasteiger partial charge in [-0.1, -0.05) is 42.2 Å². The number of aliphatic hydroxyl groups is 1. The van der Waals surface area contributed by atoms with Crippen LogP contribution in [0.2, 0.25) is 0 Å². The molecule has 0 radical (unpaired) electrons. The number of methoxy groups -OCH3 is 1. The minimum absolute atomic E-state index is 0.0339. The van der Waals surface area contributed by atoms with Crippen molar-refractivity contribution >= 4 is 15.7 Å². The van der Waals surface area contributed by atoms with Crippen LogP contribution >= 0.6 is 0 Å². The topological polar surface area (TPSA) is 78.9 Å². The van der Waals surface area contributed by atoms with Gasteiger partial charge in [0.25, 0.3) is 0 Å². The first-order chi connectivity index (χ1) is 16.5. The number of sulfonamides is 1. The number of fused-ring (bicyclic) bond motifs is 3. The second-order valence-corrected chi connectivity index (χ2v) is 10.4. The highest BCUT2D eigenvalue weighted by Gasteiger charge is 2.48. The summed E-state index contributed by atoms with van der Waals surface area (Å²) in [4.78, 5) is 0.281. The third kappa shape index (κ3) is 3.94. The molecule has 3 aromatic carbocycles. The molecule has 2 heterocycles. The Morgan fingerprint density at radius 3 is 2.59 bits per heavy atom. The minimum atomic E-state index is -3.69. The summed E-state index contributed by atoms with van der Waals surface area (Å²) in [5.74, 6) is 7.04. The zero-order valence-electron chi connectivity index (χ0n) is 18.8. The Morgan fingerprint density at radius 1 is 1.06 bits per heavy atom. The molecule has 3 atom stereocenters. The number of rotatable bonds is 4. The molecule has 1 saturated heterocycles. The van der Waals surface area contributed by atoms with Crippen molar-refractivity contribution in [3.05, 3.63) is 89.5 Å². The van der Waals surface area contributed by atoms with Gasteiger partial charge in [0.15, 0.2) is 0 Å². The van der Waals surface area contributed by atoms with Crippen molar-refractivity contribution in [3.8, 4) is 17.6 Å². The fourth-order valence-electron chi connectivity index (χ4n) is 4.98. The number of hydrogen-bond acceptors (Lipinski definition) is 5. The lowest BCUT2D eigenvalue weighted by atomic mass is 9.83. The normalized spacial score (nSPS) is 21.5. The molecule has 7 heteroatoms. The monoisotopic (exact) mass is 474 g/mol. The van der Waals surface area contributed by atoms with Gasteiger partial charge >= 0.3 is 0 Å². The van der Waals surface area contributed by atoms with Gasteiger partial charge in [0, 0.05) is 23.7 Å². The zero-order chi connectivity index (χ0) is 23.7. The summed E-state index contributed by atoms with van der Waals surface area (Å²) in [6.45, 7) is 0.344. The average molecular weight is 475 g/mol. The van der Waals surface area contributed by atoms with E-state index in [-0.39, 0.29) is 29.5 Å². The highest BCUT2D eigenvalue weighted by molar-refractivity contribution is 7.89. The molecule has 5 rings (SSSR count). The van der Waals surface area contributed by atoms with Crippen LogP contribution in [0.1, 0.15) is 29.2 Å². The van der Waals surface area contributed by atoms with Gasteiger partial charge in [0.05, 0.1) is 36.3 Å². The molecule has 0 aliphatic carbocycles. The van der Waals surface area contributed by atoms with Gasteiger partial charge < -0.3 is 15.2 Å². The Bertz CT molecular complexity index is 1360. The van der Waals surface area contributed by atoms with Gasteiger partial charge in [-0.15, -0.1) is 0 Å². The lowest BCUT2D eigenvalue weighted by Crippen LogP contribution is -2.42. The highest BCUT2D eigenvalue weighted by atomic mass is 32.2. The number of anilines is 1. The van der Waals surface area contributed by atoms with Crippen molar-refractivity contribution in [1.82, 2.24) is 4.31 Å². The molecule has 174 valence electrons. The number of aliphatic hydroxyl groups excluding tert-OH is 1. The van der Waals surface area contributed by atoms with Gasteiger partial charge in [0.2, 0.25) is 10.0 Å². The van der Waals surface area contributed by atoms with Crippen LogP contribution < -0.4 is 10.1 Å². The lowest BCUT2D eigenvalue weighted by molar-refractivity contribution is 0.210. The first-order valence-electron chi connectivity index (χ1n) is 11.3. The lowest BCUT2D eigenvalue weighted by Gasteiger charge is -2.38. The van der Waals surface area contributed by atoms with E-state index in [1.54, 1.807) is 41.7 Å². The molecule has 0 aromatic heterocycles. The van der Waals surface area contributed by atoms with Crippen molar-refractivity contribution < 1.29 is 18.3 Å². The summed E-state index contributed by atoms with van der Waals surface area (Å²) < 4.78 is 34.1. The van der Waals surface area contributed by atoms with Gasteiger partial charge in [-0.05, 0) is 54.4 Å². The first-order valence-corrected chi connectivity index (χ1v) is 12.7. The van der Waals surface area contributed by atoms with E-state index in [1.165, 1.54) is 0 Å². The van der Waals surface area contributed by atoms with Crippen molar-refractivity contribution in [3.63, 3.8) is 0 Å². The number of benzene rings is 3. The second kappa shape index (κ2) is 9.15. The molecular formula is C27H26N2O4S. The second-order valence-electron chi connectivity index (χ2n) is 8.51. The Balaban J connectivity index is 1.56. The predicted octanol–water partition coefficient (Wildman–Crippen LogP) is 3.63. The molecule has 3 aromatic rings. The van der Waals surface area contributed by atoms with Crippen LogP contribution in [0.15, 0.2) is 77.7 Å². The predicted molar refractivity (Wildman–Crippen MR) is 131 cm³/mol. The molecule has 34 heavy (non-hydrogen) atoms. The third-order valence-electron chi connectivity index (χ3n) is 6.62. The van der Waals surface area contributed by atoms with E-state index in [1.807, 2.05) is 42.5 Å². The Labute approximate surface area is 200 Å². The van der Waals surface area contributed by atoms with Crippen molar-refractivity contribution in [2.45, 2.75) is 23.4 Å². The summed E-state index contributed by atoms with van der Waals surface area (Å²) in [7, 11) is -2.07. The summed E-state index contributed by atoms with van der Waals surface area (Å²) in [6, 6.07) is 21.3. The molecule has 2 aliphatic rings. The molecular weight excluding hydrogens is 448 g/mol. The largest absolute Gasteiger partial charge is 0.495 e. The summed E-state index contributed by atoms with van der Waals surface area (Å²) in [6.07, 6.45) is 0.672. The number of ether oxygens (including phenoxy) is 1. The van der Waals surface area contributed by atoms with E-state index in [2.05, 4.69) is 17.2 Å². The van der Waals surface area contributed by atoms with Crippen molar-refractivity contribution in [1.29, 1.82) is 0 Å². The molecule has 6 nitrogen and oxygen atoms in total. The van der Waals surface area contributed by atoms with Crippen LogP contribution in [-0.4, -0.2) is 44.1 Å².